The van der Waals surface area contributed by atoms with E-state index in [-0.39, 0.29) is 23.3 Å². The highest BCUT2D eigenvalue weighted by atomic mass is 19.1. The molecule has 2 nitrogen and oxygen atoms in total. The summed E-state index contributed by atoms with van der Waals surface area (Å²) in [6, 6.07) is 0.105. The van der Waals surface area contributed by atoms with Crippen molar-refractivity contribution in [2.24, 2.45) is 0 Å². The number of rotatable bonds is 2. The Labute approximate surface area is 90.5 Å². The van der Waals surface area contributed by atoms with Gasteiger partial charge in [0, 0.05) is 19.5 Å². The maximum Gasteiger partial charge on any atom is 0.178 e. The first-order valence-corrected chi connectivity index (χ1v) is 5.26. The summed E-state index contributed by atoms with van der Waals surface area (Å²) in [7, 11) is 0. The molecule has 0 unspecified atom stereocenters. The number of carbonyl (C=O) groups is 1. The van der Waals surface area contributed by atoms with Gasteiger partial charge in [0.2, 0.25) is 0 Å². The molecule has 0 aromatic heterocycles. The number of hydrogen-bond donors (Lipinski definition) is 0. The van der Waals surface area contributed by atoms with Gasteiger partial charge in [-0.25, -0.2) is 4.39 Å². The summed E-state index contributed by atoms with van der Waals surface area (Å²) in [4.78, 5) is 13.2. The van der Waals surface area contributed by atoms with Crippen molar-refractivity contribution in [2.75, 3.05) is 6.54 Å². The molecular formula is C12H18FNO. The second-order valence-electron chi connectivity index (χ2n) is 3.99. The average Bonchev–Trinajstić information content (AvgIpc) is 2.19. The Morgan fingerprint density at radius 2 is 2.00 bits per heavy atom. The third-order valence-electron chi connectivity index (χ3n) is 3.18. The van der Waals surface area contributed by atoms with Crippen LogP contribution >= 0.6 is 0 Å². The van der Waals surface area contributed by atoms with Crippen LogP contribution in [-0.2, 0) is 4.79 Å². The lowest BCUT2D eigenvalue weighted by atomic mass is 9.95. The first-order chi connectivity index (χ1) is 6.91. The first kappa shape index (κ1) is 12.0. The number of hydrogen-bond acceptors (Lipinski definition) is 2. The number of likely N-dealkylation sites (N-methyl/N-ethyl adjacent to an activating group) is 1. The van der Waals surface area contributed by atoms with Crippen LogP contribution in [0.3, 0.4) is 0 Å². The smallest absolute Gasteiger partial charge is 0.178 e. The summed E-state index contributed by atoms with van der Waals surface area (Å²) in [5, 5.41) is 0. The first-order valence-electron chi connectivity index (χ1n) is 5.26. The molecule has 0 fully saturated rings. The van der Waals surface area contributed by atoms with Gasteiger partial charge in [0.25, 0.3) is 0 Å². The van der Waals surface area contributed by atoms with Crippen molar-refractivity contribution >= 4 is 5.78 Å². The van der Waals surface area contributed by atoms with Crippen LogP contribution in [0.1, 0.15) is 34.6 Å². The molecule has 0 saturated heterocycles. The molecule has 0 saturated carbocycles. The van der Waals surface area contributed by atoms with Crippen LogP contribution in [0.25, 0.3) is 0 Å². The minimum Gasteiger partial charge on any atom is -0.360 e. The zero-order chi connectivity index (χ0) is 11.7. The molecule has 0 radical (unpaired) electrons. The third-order valence-corrected chi connectivity index (χ3v) is 3.18. The topological polar surface area (TPSA) is 20.3 Å². The van der Waals surface area contributed by atoms with Crippen molar-refractivity contribution in [3.8, 4) is 0 Å². The molecule has 0 aromatic rings. The molecule has 1 heterocycles. The van der Waals surface area contributed by atoms with E-state index in [4.69, 9.17) is 0 Å². The van der Waals surface area contributed by atoms with Gasteiger partial charge in [0.05, 0.1) is 0 Å². The highest BCUT2D eigenvalue weighted by Crippen LogP contribution is 2.32. The van der Waals surface area contributed by atoms with Crippen molar-refractivity contribution < 1.29 is 9.18 Å². The molecule has 1 aliphatic heterocycles. The van der Waals surface area contributed by atoms with Gasteiger partial charge in [-0.05, 0) is 38.8 Å². The van der Waals surface area contributed by atoms with Gasteiger partial charge in [0.1, 0.15) is 5.70 Å². The molecule has 3 heteroatoms. The van der Waals surface area contributed by atoms with Crippen LogP contribution in [0.2, 0.25) is 0 Å². The van der Waals surface area contributed by atoms with Crippen LogP contribution in [0.15, 0.2) is 22.7 Å². The molecule has 84 valence electrons. The van der Waals surface area contributed by atoms with Gasteiger partial charge >= 0.3 is 0 Å². The van der Waals surface area contributed by atoms with E-state index in [0.29, 0.717) is 12.1 Å². The van der Waals surface area contributed by atoms with Crippen LogP contribution in [0.4, 0.5) is 4.39 Å². The fourth-order valence-corrected chi connectivity index (χ4v) is 2.01. The average molecular weight is 211 g/mol. The largest absolute Gasteiger partial charge is 0.360 e. The van der Waals surface area contributed by atoms with E-state index < -0.39 is 0 Å². The van der Waals surface area contributed by atoms with E-state index in [1.165, 1.54) is 6.92 Å². The fraction of sp³-hybridized carbons (Fsp3) is 0.583. The third kappa shape index (κ3) is 1.83. The molecule has 1 aliphatic rings. The van der Waals surface area contributed by atoms with Gasteiger partial charge < -0.3 is 4.90 Å². The van der Waals surface area contributed by atoms with Crippen LogP contribution in [0.5, 0.6) is 0 Å². The molecule has 15 heavy (non-hydrogen) atoms. The van der Waals surface area contributed by atoms with Crippen molar-refractivity contribution in [1.29, 1.82) is 0 Å². The summed E-state index contributed by atoms with van der Waals surface area (Å²) in [5.41, 5.74) is 1.84. The van der Waals surface area contributed by atoms with Gasteiger partial charge in [-0.2, -0.15) is 0 Å². The summed E-state index contributed by atoms with van der Waals surface area (Å²) in [6.45, 7) is 9.64. The number of allylic oxidation sites excluding steroid dienone is 3. The molecule has 0 amide bonds. The lowest BCUT2D eigenvalue weighted by Crippen LogP contribution is -2.39. The lowest BCUT2D eigenvalue weighted by molar-refractivity contribution is -0.115. The van der Waals surface area contributed by atoms with E-state index in [0.717, 1.165) is 5.57 Å². The monoisotopic (exact) mass is 211 g/mol. The number of carbonyl (C=O) groups excluding carboxylic acids is 1. The Morgan fingerprint density at radius 1 is 1.47 bits per heavy atom. The summed E-state index contributed by atoms with van der Waals surface area (Å²) < 4.78 is 13.9. The van der Waals surface area contributed by atoms with Crippen molar-refractivity contribution in [2.45, 2.75) is 40.7 Å². The van der Waals surface area contributed by atoms with Crippen LogP contribution < -0.4 is 0 Å². The number of Topliss-reactive ketones (excluding diaryl/α,β-unsaturated/α-hetero) is 1. The van der Waals surface area contributed by atoms with Crippen molar-refractivity contribution in [3.05, 3.63) is 22.7 Å². The number of ketones is 1. The predicted octanol–water partition coefficient (Wildman–Crippen LogP) is 2.82. The van der Waals surface area contributed by atoms with Crippen molar-refractivity contribution in [3.63, 3.8) is 0 Å². The number of nitrogens with zero attached hydrogens (tertiary/aromatic N) is 1. The fourth-order valence-electron chi connectivity index (χ4n) is 2.01. The molecule has 0 N–H and O–H groups in total. The standard InChI is InChI=1S/C12H18FNO/c1-6-14-9(4)7(2)8(3)11(13)12(14)10(5)15/h9H,6H2,1-5H3/t9-/m1/s1. The Bertz CT molecular complexity index is 355. The van der Waals surface area contributed by atoms with E-state index in [1.54, 1.807) is 6.92 Å². The highest BCUT2D eigenvalue weighted by molar-refractivity contribution is 5.94. The molecule has 0 bridgehead atoms. The van der Waals surface area contributed by atoms with E-state index in [1.807, 2.05) is 25.7 Å². The zero-order valence-corrected chi connectivity index (χ0v) is 10.0. The van der Waals surface area contributed by atoms with E-state index >= 15 is 0 Å². The molecule has 0 spiro atoms. The Hall–Kier alpha value is -1.12. The SMILES string of the molecule is CCN1C(C(C)=O)=C(F)C(C)=C(C)[C@H]1C. The molecule has 1 rings (SSSR count). The molecule has 0 aliphatic carbocycles. The zero-order valence-electron chi connectivity index (χ0n) is 10.0. The summed E-state index contributed by atoms with van der Waals surface area (Å²) >= 11 is 0. The molecular weight excluding hydrogens is 193 g/mol. The van der Waals surface area contributed by atoms with Crippen LogP contribution in [0, 0.1) is 0 Å². The minimum absolute atomic E-state index is 0.105. The summed E-state index contributed by atoms with van der Waals surface area (Å²) in [5.74, 6) is -0.562. The predicted molar refractivity (Wildman–Crippen MR) is 59.0 cm³/mol. The normalized spacial score (nSPS) is 22.5. The summed E-state index contributed by atoms with van der Waals surface area (Å²) in [6.07, 6.45) is 0. The van der Waals surface area contributed by atoms with Gasteiger partial charge in [0.15, 0.2) is 11.6 Å². The maximum absolute atomic E-state index is 13.9. The van der Waals surface area contributed by atoms with E-state index in [9.17, 15) is 9.18 Å². The maximum atomic E-state index is 13.9. The van der Waals surface area contributed by atoms with Gasteiger partial charge in [-0.3, -0.25) is 4.79 Å². The van der Waals surface area contributed by atoms with Crippen molar-refractivity contribution in [1.82, 2.24) is 4.90 Å². The number of halogens is 1. The Kier molecular flexibility index (Phi) is 3.32. The van der Waals surface area contributed by atoms with Gasteiger partial charge in [-0.1, -0.05) is 0 Å². The lowest BCUT2D eigenvalue weighted by Gasteiger charge is -2.36. The molecule has 1 atom stereocenters. The van der Waals surface area contributed by atoms with Crippen LogP contribution in [-0.4, -0.2) is 23.3 Å². The second-order valence-corrected chi connectivity index (χ2v) is 3.99. The van der Waals surface area contributed by atoms with Gasteiger partial charge in [-0.15, -0.1) is 0 Å². The Balaban J connectivity index is 3.33. The minimum atomic E-state index is -0.361. The second kappa shape index (κ2) is 4.17. The molecule has 0 aromatic carbocycles. The van der Waals surface area contributed by atoms with E-state index in [2.05, 4.69) is 0 Å². The highest BCUT2D eigenvalue weighted by Gasteiger charge is 2.30. The quantitative estimate of drug-likeness (QED) is 0.700. The Morgan fingerprint density at radius 3 is 2.40 bits per heavy atom.